The number of alkyl halides is 3. The Morgan fingerprint density at radius 1 is 1.45 bits per heavy atom. The largest absolute Gasteiger partial charge is 0.403 e. The summed E-state index contributed by atoms with van der Waals surface area (Å²) in [5.74, 6) is 0. The monoisotopic (exact) mass is 194 g/mol. The molecule has 0 rings (SSSR count). The van der Waals surface area contributed by atoms with Gasteiger partial charge in [0.1, 0.15) is 6.54 Å². The molecule has 0 aromatic heterocycles. The van der Waals surface area contributed by atoms with E-state index < -0.39 is 23.7 Å². The van der Waals surface area contributed by atoms with E-state index >= 15 is 0 Å². The Hall–Kier alpha value is -0.0200. The zero-order valence-electron chi connectivity index (χ0n) is 5.67. The average Bonchev–Trinajstić information content (AvgIpc) is 1.56. The number of nitrogens with two attached hydrogens (primary N) is 1. The van der Waals surface area contributed by atoms with Crippen LogP contribution in [-0.2, 0) is 0 Å². The second-order valence-corrected chi connectivity index (χ2v) is 3.71. The quantitative estimate of drug-likeness (QED) is 0.613. The van der Waals surface area contributed by atoms with Gasteiger partial charge < -0.3 is 0 Å². The molecule has 0 fully saturated rings. The molecule has 0 atom stereocenters. The summed E-state index contributed by atoms with van der Waals surface area (Å²) in [5.41, 5.74) is 0. The van der Waals surface area contributed by atoms with Gasteiger partial charge in [-0.05, 0) is 0 Å². The van der Waals surface area contributed by atoms with Crippen LogP contribution in [0.4, 0.5) is 13.2 Å². The van der Waals surface area contributed by atoms with E-state index in [1.807, 2.05) is 0 Å². The third-order valence-corrected chi connectivity index (χ3v) is 1.91. The molecular formula is C3H9F3N2O2S. The molecule has 0 spiro atoms. The normalized spacial score (nSPS) is 15.6. The lowest BCUT2D eigenvalue weighted by atomic mass is 10.6. The maximum Gasteiger partial charge on any atom is 0.403 e. The zero-order valence-corrected chi connectivity index (χ0v) is 6.48. The van der Waals surface area contributed by atoms with E-state index in [0.717, 1.165) is 7.05 Å². The number of hydrogen-bond donors (Lipinski definition) is 3. The lowest BCUT2D eigenvalue weighted by Crippen LogP contribution is -2.36. The van der Waals surface area contributed by atoms with E-state index in [1.165, 1.54) is 0 Å². The van der Waals surface area contributed by atoms with Gasteiger partial charge in [-0.1, -0.05) is 11.0 Å². The van der Waals surface area contributed by atoms with Crippen LogP contribution in [0.5, 0.6) is 0 Å². The van der Waals surface area contributed by atoms with Gasteiger partial charge in [-0.25, -0.2) is 5.14 Å². The Labute approximate surface area is 63.4 Å². The fraction of sp³-hybridized carbons (Fsp3) is 1.00. The van der Waals surface area contributed by atoms with Crippen molar-refractivity contribution in [1.29, 1.82) is 0 Å². The van der Waals surface area contributed by atoms with Gasteiger partial charge in [-0.15, -0.1) is 0 Å². The minimum absolute atomic E-state index is 0.243. The molecule has 0 unspecified atom stereocenters. The van der Waals surface area contributed by atoms with Gasteiger partial charge in [0.15, 0.2) is 0 Å². The first-order valence-corrected chi connectivity index (χ1v) is 4.03. The summed E-state index contributed by atoms with van der Waals surface area (Å²) in [7, 11) is -2.84. The van der Waals surface area contributed by atoms with E-state index in [2.05, 4.69) is 5.14 Å². The number of halogens is 3. The maximum absolute atomic E-state index is 11.5. The predicted molar refractivity (Wildman–Crippen MR) is 35.7 cm³/mol. The van der Waals surface area contributed by atoms with Crippen LogP contribution in [-0.4, -0.2) is 33.2 Å². The van der Waals surface area contributed by atoms with E-state index in [1.54, 1.807) is 0 Å². The van der Waals surface area contributed by atoms with Gasteiger partial charge in [0.25, 0.3) is 0 Å². The van der Waals surface area contributed by atoms with Crippen molar-refractivity contribution in [2.24, 2.45) is 5.14 Å². The summed E-state index contributed by atoms with van der Waals surface area (Å²) in [6, 6.07) is 0. The first-order chi connectivity index (χ1) is 4.63. The Morgan fingerprint density at radius 2 is 1.82 bits per heavy atom. The van der Waals surface area contributed by atoms with Gasteiger partial charge in [0.05, 0.1) is 0 Å². The zero-order chi connectivity index (χ0) is 9.28. The van der Waals surface area contributed by atoms with Gasteiger partial charge in [0, 0.05) is 7.05 Å². The fourth-order valence-corrected chi connectivity index (χ4v) is 0.684. The van der Waals surface area contributed by atoms with Crippen LogP contribution in [0.25, 0.3) is 0 Å². The molecule has 0 aliphatic rings. The van der Waals surface area contributed by atoms with Crippen molar-refractivity contribution in [2.45, 2.75) is 6.18 Å². The topological polar surface area (TPSA) is 69.7 Å². The van der Waals surface area contributed by atoms with Gasteiger partial charge >= 0.3 is 6.18 Å². The van der Waals surface area contributed by atoms with Crippen molar-refractivity contribution in [3.8, 4) is 0 Å². The van der Waals surface area contributed by atoms with Crippen molar-refractivity contribution in [1.82, 2.24) is 4.31 Å². The van der Waals surface area contributed by atoms with Crippen LogP contribution < -0.4 is 5.14 Å². The summed E-state index contributed by atoms with van der Waals surface area (Å²) >= 11 is 0. The molecule has 0 bridgehead atoms. The first-order valence-electron chi connectivity index (χ1n) is 2.47. The summed E-state index contributed by atoms with van der Waals surface area (Å²) in [4.78, 5) is 0. The Balaban J connectivity index is 3.99. The predicted octanol–water partition coefficient (Wildman–Crippen LogP) is 1.02. The molecular weight excluding hydrogens is 185 g/mol. The Bertz CT molecular complexity index is 134. The highest BCUT2D eigenvalue weighted by Crippen LogP contribution is 2.34. The third kappa shape index (κ3) is 5.27. The highest BCUT2D eigenvalue weighted by molar-refractivity contribution is 8.20. The average molecular weight is 194 g/mol. The SMILES string of the molecule is CN(CC(F)(F)F)S(N)(O)O. The number of rotatable bonds is 2. The minimum Gasteiger partial charge on any atom is -0.273 e. The minimum atomic E-state index is -4.47. The second-order valence-electron chi connectivity index (χ2n) is 1.96. The standard InChI is InChI=1S/C3H9F3N2O2S/c1-8(11(7,9)10)2-3(4,5)6/h9-10H,2,7H2,1H3. The molecule has 0 aliphatic carbocycles. The second kappa shape index (κ2) is 3.15. The fourth-order valence-electron chi connectivity index (χ4n) is 0.347. The molecule has 4 N–H and O–H groups in total. The van der Waals surface area contributed by atoms with Crippen molar-refractivity contribution in [3.05, 3.63) is 0 Å². The van der Waals surface area contributed by atoms with E-state index in [0.29, 0.717) is 0 Å². The third-order valence-electron chi connectivity index (χ3n) is 0.861. The summed E-state index contributed by atoms with van der Waals surface area (Å²) in [5, 5.41) is 4.61. The van der Waals surface area contributed by atoms with E-state index in [9.17, 15) is 13.2 Å². The Morgan fingerprint density at radius 3 is 1.91 bits per heavy atom. The van der Waals surface area contributed by atoms with Crippen molar-refractivity contribution in [3.63, 3.8) is 0 Å². The lowest BCUT2D eigenvalue weighted by Gasteiger charge is -2.35. The van der Waals surface area contributed by atoms with Crippen molar-refractivity contribution >= 4 is 11.0 Å². The van der Waals surface area contributed by atoms with Gasteiger partial charge in [0.2, 0.25) is 0 Å². The van der Waals surface area contributed by atoms with Crippen LogP contribution >= 0.6 is 11.0 Å². The molecule has 0 amide bonds. The van der Waals surface area contributed by atoms with Crippen LogP contribution in [0.1, 0.15) is 0 Å². The molecule has 0 heterocycles. The maximum atomic E-state index is 11.5. The van der Waals surface area contributed by atoms with Gasteiger partial charge in [-0.2, -0.15) is 17.5 Å². The van der Waals surface area contributed by atoms with E-state index in [-0.39, 0.29) is 4.31 Å². The van der Waals surface area contributed by atoms with Crippen LogP contribution in [0.2, 0.25) is 0 Å². The molecule has 0 aromatic carbocycles. The molecule has 0 aromatic rings. The summed E-state index contributed by atoms with van der Waals surface area (Å²) < 4.78 is 51.8. The highest BCUT2D eigenvalue weighted by atomic mass is 32.3. The molecule has 0 saturated heterocycles. The van der Waals surface area contributed by atoms with Crippen molar-refractivity contribution < 1.29 is 22.3 Å². The number of nitrogens with zero attached hydrogens (tertiary/aromatic N) is 1. The van der Waals surface area contributed by atoms with Crippen LogP contribution in [0.3, 0.4) is 0 Å². The Kier molecular flexibility index (Phi) is 3.15. The molecule has 0 saturated carbocycles. The van der Waals surface area contributed by atoms with Crippen LogP contribution in [0, 0.1) is 0 Å². The first kappa shape index (κ1) is 11.0. The van der Waals surface area contributed by atoms with Gasteiger partial charge in [-0.3, -0.25) is 9.11 Å². The molecule has 11 heavy (non-hydrogen) atoms. The van der Waals surface area contributed by atoms with Crippen molar-refractivity contribution in [2.75, 3.05) is 13.6 Å². The molecule has 0 radical (unpaired) electrons. The molecule has 70 valence electrons. The van der Waals surface area contributed by atoms with Crippen LogP contribution in [0.15, 0.2) is 0 Å². The highest BCUT2D eigenvalue weighted by Gasteiger charge is 2.32. The smallest absolute Gasteiger partial charge is 0.273 e. The summed E-state index contributed by atoms with van der Waals surface area (Å²) in [6.07, 6.45) is -4.47. The number of hydrogen-bond acceptors (Lipinski definition) is 4. The molecule has 8 heteroatoms. The van der Waals surface area contributed by atoms with E-state index in [4.69, 9.17) is 9.11 Å². The molecule has 0 aliphatic heterocycles. The molecule has 4 nitrogen and oxygen atoms in total. The summed E-state index contributed by atoms with van der Waals surface area (Å²) in [6.45, 7) is -1.44. The lowest BCUT2D eigenvalue weighted by molar-refractivity contribution is -0.135.